The van der Waals surface area contributed by atoms with Gasteiger partial charge in [-0.25, -0.2) is 4.98 Å². The molecular formula is C10H15ClN2S. The number of thiazole rings is 1. The van der Waals surface area contributed by atoms with Gasteiger partial charge in [0.2, 0.25) is 0 Å². The van der Waals surface area contributed by atoms with Gasteiger partial charge in [-0.2, -0.15) is 0 Å². The molecule has 2 rings (SSSR count). The molecule has 2 nitrogen and oxygen atoms in total. The first-order valence-corrected chi connectivity index (χ1v) is 6.29. The van der Waals surface area contributed by atoms with E-state index < -0.39 is 0 Å². The zero-order valence-corrected chi connectivity index (χ0v) is 9.94. The second-order valence-electron chi connectivity index (χ2n) is 3.89. The largest absolute Gasteiger partial charge is 0.296 e. The molecule has 1 aromatic heterocycles. The topological polar surface area (TPSA) is 16.1 Å². The van der Waals surface area contributed by atoms with E-state index in [1.165, 1.54) is 30.7 Å². The summed E-state index contributed by atoms with van der Waals surface area (Å²) in [5.41, 5.74) is 0. The lowest BCUT2D eigenvalue weighted by atomic mass is 10.0. The van der Waals surface area contributed by atoms with Crippen LogP contribution in [0.25, 0.3) is 0 Å². The van der Waals surface area contributed by atoms with Gasteiger partial charge >= 0.3 is 0 Å². The fraction of sp³-hybridized carbons (Fsp3) is 0.700. The Morgan fingerprint density at radius 2 is 2.50 bits per heavy atom. The first kappa shape index (κ1) is 10.4. The van der Waals surface area contributed by atoms with E-state index in [0.29, 0.717) is 10.5 Å². The molecule has 1 fully saturated rings. The average molecular weight is 231 g/mol. The third-order valence-electron chi connectivity index (χ3n) is 2.82. The van der Waals surface area contributed by atoms with Crippen molar-refractivity contribution in [2.24, 2.45) is 0 Å². The summed E-state index contributed by atoms with van der Waals surface area (Å²) in [6.07, 6.45) is 5.93. The first-order chi connectivity index (χ1) is 6.75. The highest BCUT2D eigenvalue weighted by Crippen LogP contribution is 2.23. The molecule has 1 saturated heterocycles. The fourth-order valence-corrected chi connectivity index (χ4v) is 2.95. The molecule has 0 saturated carbocycles. The summed E-state index contributed by atoms with van der Waals surface area (Å²) in [6.45, 7) is 4.55. The summed E-state index contributed by atoms with van der Waals surface area (Å²) < 4.78 is 0.657. The van der Waals surface area contributed by atoms with Gasteiger partial charge in [0, 0.05) is 23.7 Å². The van der Waals surface area contributed by atoms with Crippen molar-refractivity contribution < 1.29 is 0 Å². The molecule has 0 radical (unpaired) electrons. The van der Waals surface area contributed by atoms with Crippen molar-refractivity contribution in [2.45, 2.75) is 38.8 Å². The Kier molecular flexibility index (Phi) is 3.42. The maximum absolute atomic E-state index is 5.80. The Balaban J connectivity index is 1.95. The summed E-state index contributed by atoms with van der Waals surface area (Å²) in [7, 11) is 0. The number of aromatic nitrogens is 1. The molecule has 0 bridgehead atoms. The van der Waals surface area contributed by atoms with Crippen LogP contribution in [0.4, 0.5) is 0 Å². The SMILES string of the molecule is C[C@@H]1CCCCN1Cc1cnc(Cl)s1. The van der Waals surface area contributed by atoms with Crippen LogP contribution >= 0.6 is 22.9 Å². The van der Waals surface area contributed by atoms with Gasteiger partial charge in [0.1, 0.15) is 0 Å². The zero-order chi connectivity index (χ0) is 9.97. The molecule has 14 heavy (non-hydrogen) atoms. The Hall–Kier alpha value is -0.120. The monoisotopic (exact) mass is 230 g/mol. The van der Waals surface area contributed by atoms with Crippen molar-refractivity contribution in [3.63, 3.8) is 0 Å². The maximum Gasteiger partial charge on any atom is 0.183 e. The van der Waals surface area contributed by atoms with E-state index >= 15 is 0 Å². The van der Waals surface area contributed by atoms with Crippen LogP contribution in [0, 0.1) is 0 Å². The number of hydrogen-bond acceptors (Lipinski definition) is 3. The Bertz CT molecular complexity index is 300. The second-order valence-corrected chi connectivity index (χ2v) is 5.59. The smallest absolute Gasteiger partial charge is 0.183 e. The lowest BCUT2D eigenvalue weighted by molar-refractivity contribution is 0.154. The van der Waals surface area contributed by atoms with Crippen LogP contribution in [0.15, 0.2) is 6.20 Å². The summed E-state index contributed by atoms with van der Waals surface area (Å²) in [5.74, 6) is 0. The Morgan fingerprint density at radius 3 is 3.14 bits per heavy atom. The van der Waals surface area contributed by atoms with Gasteiger partial charge in [-0.1, -0.05) is 18.0 Å². The van der Waals surface area contributed by atoms with Gasteiger partial charge in [0.05, 0.1) is 0 Å². The van der Waals surface area contributed by atoms with Gasteiger partial charge in [0.15, 0.2) is 4.47 Å². The third kappa shape index (κ3) is 2.47. The van der Waals surface area contributed by atoms with Crippen LogP contribution in [-0.2, 0) is 6.54 Å². The molecule has 1 aromatic rings. The van der Waals surface area contributed by atoms with Crippen molar-refractivity contribution in [1.82, 2.24) is 9.88 Å². The van der Waals surface area contributed by atoms with E-state index in [9.17, 15) is 0 Å². The quantitative estimate of drug-likeness (QED) is 0.776. The van der Waals surface area contributed by atoms with E-state index in [-0.39, 0.29) is 0 Å². The third-order valence-corrected chi connectivity index (χ3v) is 3.92. The van der Waals surface area contributed by atoms with Crippen molar-refractivity contribution >= 4 is 22.9 Å². The van der Waals surface area contributed by atoms with Crippen LogP contribution in [0.3, 0.4) is 0 Å². The van der Waals surface area contributed by atoms with Crippen LogP contribution < -0.4 is 0 Å². The zero-order valence-electron chi connectivity index (χ0n) is 8.37. The highest BCUT2D eigenvalue weighted by Gasteiger charge is 2.18. The summed E-state index contributed by atoms with van der Waals surface area (Å²) >= 11 is 7.40. The minimum absolute atomic E-state index is 0.657. The Labute approximate surface area is 93.9 Å². The molecule has 78 valence electrons. The second kappa shape index (κ2) is 4.60. The van der Waals surface area contributed by atoms with E-state index in [1.54, 1.807) is 11.3 Å². The molecule has 1 aliphatic rings. The normalized spacial score (nSPS) is 24.0. The molecule has 1 aliphatic heterocycles. The number of piperidine rings is 1. The van der Waals surface area contributed by atoms with Gasteiger partial charge in [0.25, 0.3) is 0 Å². The van der Waals surface area contributed by atoms with Crippen molar-refractivity contribution in [3.05, 3.63) is 15.5 Å². The van der Waals surface area contributed by atoms with Gasteiger partial charge in [-0.15, -0.1) is 11.3 Å². The van der Waals surface area contributed by atoms with Crippen molar-refractivity contribution in [1.29, 1.82) is 0 Å². The number of rotatable bonds is 2. The molecule has 4 heteroatoms. The van der Waals surface area contributed by atoms with E-state index in [0.717, 1.165) is 6.54 Å². The molecule has 0 aliphatic carbocycles. The molecule has 0 spiro atoms. The fourth-order valence-electron chi connectivity index (χ4n) is 1.95. The van der Waals surface area contributed by atoms with Crippen LogP contribution in [0.1, 0.15) is 31.1 Å². The molecular weight excluding hydrogens is 216 g/mol. The van der Waals surface area contributed by atoms with E-state index in [2.05, 4.69) is 16.8 Å². The molecule has 2 heterocycles. The highest BCUT2D eigenvalue weighted by molar-refractivity contribution is 7.15. The maximum atomic E-state index is 5.80. The van der Waals surface area contributed by atoms with E-state index in [4.69, 9.17) is 11.6 Å². The molecule has 0 unspecified atom stereocenters. The van der Waals surface area contributed by atoms with Crippen molar-refractivity contribution in [3.8, 4) is 0 Å². The number of nitrogens with zero attached hydrogens (tertiary/aromatic N) is 2. The minimum atomic E-state index is 0.657. The van der Waals surface area contributed by atoms with Gasteiger partial charge < -0.3 is 0 Å². The summed E-state index contributed by atoms with van der Waals surface area (Å²) in [6, 6.07) is 0.713. The van der Waals surface area contributed by atoms with Crippen LogP contribution in [0.2, 0.25) is 4.47 Å². The van der Waals surface area contributed by atoms with Gasteiger partial charge in [-0.3, -0.25) is 4.90 Å². The molecule has 1 atom stereocenters. The van der Waals surface area contributed by atoms with Crippen LogP contribution in [-0.4, -0.2) is 22.5 Å². The molecule has 0 amide bonds. The molecule has 0 aromatic carbocycles. The van der Waals surface area contributed by atoms with Crippen LogP contribution in [0.5, 0.6) is 0 Å². The summed E-state index contributed by atoms with van der Waals surface area (Å²) in [5, 5.41) is 0. The summed E-state index contributed by atoms with van der Waals surface area (Å²) in [4.78, 5) is 7.87. The number of halogens is 1. The average Bonchev–Trinajstić information content (AvgIpc) is 2.56. The lowest BCUT2D eigenvalue weighted by Crippen LogP contribution is -2.36. The number of hydrogen-bond donors (Lipinski definition) is 0. The highest BCUT2D eigenvalue weighted by atomic mass is 35.5. The lowest BCUT2D eigenvalue weighted by Gasteiger charge is -2.32. The molecule has 0 N–H and O–H groups in total. The predicted octanol–water partition coefficient (Wildman–Crippen LogP) is 3.17. The first-order valence-electron chi connectivity index (χ1n) is 5.10. The van der Waals surface area contributed by atoms with Crippen molar-refractivity contribution in [2.75, 3.05) is 6.54 Å². The van der Waals surface area contributed by atoms with Gasteiger partial charge in [-0.05, 0) is 26.3 Å². The number of likely N-dealkylation sites (tertiary alicyclic amines) is 1. The standard InChI is InChI=1S/C10H15ClN2S/c1-8-4-2-3-5-13(8)7-9-6-12-10(11)14-9/h6,8H,2-5,7H2,1H3/t8-/m1/s1. The Morgan fingerprint density at radius 1 is 1.64 bits per heavy atom. The minimum Gasteiger partial charge on any atom is -0.296 e. The predicted molar refractivity (Wildman–Crippen MR) is 60.8 cm³/mol. The van der Waals surface area contributed by atoms with E-state index in [1.807, 2.05) is 6.20 Å².